The van der Waals surface area contributed by atoms with E-state index < -0.39 is 0 Å². The quantitative estimate of drug-likeness (QED) is 0.404. The molecule has 2 aromatic rings. The fraction of sp³-hybridized carbons (Fsp3) is 0.0909. The van der Waals surface area contributed by atoms with Gasteiger partial charge >= 0.3 is 0 Å². The second-order valence-corrected chi connectivity index (χ2v) is 8.35. The maximum absolute atomic E-state index is 6.22. The molecule has 2 rings (SSSR count). The monoisotopic (exact) mass is 476 g/mol. The van der Waals surface area contributed by atoms with Crippen molar-refractivity contribution in [2.24, 2.45) is 0 Å². The topological polar surface area (TPSA) is 0 Å². The van der Waals surface area contributed by atoms with Crippen LogP contribution in [0.25, 0.3) is 0 Å². The van der Waals surface area contributed by atoms with Gasteiger partial charge in [0.1, 0.15) is 0 Å². The third-order valence-corrected chi connectivity index (χ3v) is 6.80. The number of halogens is 5. The highest BCUT2D eigenvalue weighted by molar-refractivity contribution is 9.11. The minimum Gasteiger partial charge on any atom is -0.130 e. The summed E-state index contributed by atoms with van der Waals surface area (Å²) >= 11 is 24.3. The first-order chi connectivity index (χ1) is 7.99. The lowest BCUT2D eigenvalue weighted by atomic mass is 10.1. The van der Waals surface area contributed by atoms with E-state index in [1.54, 1.807) is 11.3 Å². The largest absolute Gasteiger partial charge is 0.130 e. The van der Waals surface area contributed by atoms with E-state index in [4.69, 9.17) is 23.2 Å². The number of rotatable bonds is 2. The van der Waals surface area contributed by atoms with Gasteiger partial charge < -0.3 is 0 Å². The van der Waals surface area contributed by atoms with Crippen molar-refractivity contribution in [3.63, 3.8) is 0 Å². The third-order valence-electron chi connectivity index (χ3n) is 2.15. The molecule has 0 spiro atoms. The second kappa shape index (κ2) is 5.93. The van der Waals surface area contributed by atoms with Crippen LogP contribution in [0, 0.1) is 0 Å². The van der Waals surface area contributed by atoms with Crippen LogP contribution in [0.5, 0.6) is 0 Å². The molecular weight excluding hydrogens is 475 g/mol. The Morgan fingerprint density at radius 1 is 1.06 bits per heavy atom. The summed E-state index contributed by atoms with van der Waals surface area (Å²) in [6.45, 7) is 0. The van der Waals surface area contributed by atoms with E-state index in [-0.39, 0.29) is 4.83 Å². The van der Waals surface area contributed by atoms with Crippen LogP contribution < -0.4 is 0 Å². The van der Waals surface area contributed by atoms with Gasteiger partial charge in [-0.25, -0.2) is 0 Å². The SMILES string of the molecule is Clc1cc(Br)ccc1C(Br)c1cc(Cl)c(Br)s1. The Kier molecular flexibility index (Phi) is 5.01. The molecule has 1 atom stereocenters. The highest BCUT2D eigenvalue weighted by atomic mass is 79.9. The molecule has 0 N–H and O–H groups in total. The maximum atomic E-state index is 6.22. The molecule has 1 heterocycles. The van der Waals surface area contributed by atoms with Crippen LogP contribution in [0.4, 0.5) is 0 Å². The van der Waals surface area contributed by atoms with Crippen molar-refractivity contribution in [3.8, 4) is 0 Å². The lowest BCUT2D eigenvalue weighted by Gasteiger charge is -2.10. The summed E-state index contributed by atoms with van der Waals surface area (Å²) in [7, 11) is 0. The van der Waals surface area contributed by atoms with Gasteiger partial charge in [0.25, 0.3) is 0 Å². The van der Waals surface area contributed by atoms with Crippen molar-refractivity contribution in [2.45, 2.75) is 4.83 Å². The van der Waals surface area contributed by atoms with Gasteiger partial charge in [0.15, 0.2) is 0 Å². The fourth-order valence-electron chi connectivity index (χ4n) is 1.35. The Hall–Kier alpha value is 0.940. The van der Waals surface area contributed by atoms with Crippen molar-refractivity contribution < 1.29 is 0 Å². The van der Waals surface area contributed by atoms with Gasteiger partial charge in [-0.2, -0.15) is 0 Å². The summed E-state index contributed by atoms with van der Waals surface area (Å²) < 4.78 is 1.91. The predicted octanol–water partition coefficient (Wildman–Crippen LogP) is 7.06. The molecule has 0 fully saturated rings. The number of hydrogen-bond acceptors (Lipinski definition) is 1. The predicted molar refractivity (Wildman–Crippen MR) is 87.0 cm³/mol. The van der Waals surface area contributed by atoms with E-state index in [1.807, 2.05) is 24.3 Å². The summed E-state index contributed by atoms with van der Waals surface area (Å²) in [6.07, 6.45) is 0. The zero-order valence-electron chi connectivity index (χ0n) is 8.18. The van der Waals surface area contributed by atoms with Gasteiger partial charge in [-0.05, 0) is 39.7 Å². The van der Waals surface area contributed by atoms with Crippen molar-refractivity contribution in [3.05, 3.63) is 53.0 Å². The van der Waals surface area contributed by atoms with Crippen LogP contribution in [0.15, 0.2) is 32.5 Å². The van der Waals surface area contributed by atoms with Gasteiger partial charge in [0, 0.05) is 14.4 Å². The molecule has 1 unspecified atom stereocenters. The Balaban J connectivity index is 2.39. The molecule has 1 aromatic carbocycles. The van der Waals surface area contributed by atoms with E-state index in [1.165, 1.54) is 0 Å². The zero-order chi connectivity index (χ0) is 12.6. The smallest absolute Gasteiger partial charge is 0.0887 e. The average Bonchev–Trinajstić information content (AvgIpc) is 2.58. The molecule has 0 radical (unpaired) electrons. The summed E-state index contributed by atoms with van der Waals surface area (Å²) in [5, 5.41) is 1.45. The Labute approximate surface area is 139 Å². The van der Waals surface area contributed by atoms with Crippen LogP contribution in [-0.2, 0) is 0 Å². The second-order valence-electron chi connectivity index (χ2n) is 3.30. The summed E-state index contributed by atoms with van der Waals surface area (Å²) in [5.74, 6) is 0. The summed E-state index contributed by atoms with van der Waals surface area (Å²) in [4.78, 5) is 1.17. The molecule has 0 aliphatic rings. The minimum atomic E-state index is 0.0527. The Morgan fingerprint density at radius 2 is 1.76 bits per heavy atom. The molecule has 90 valence electrons. The summed E-state index contributed by atoms with van der Waals surface area (Å²) in [6, 6.07) is 7.79. The Morgan fingerprint density at radius 3 is 2.29 bits per heavy atom. The molecule has 1 aromatic heterocycles. The number of hydrogen-bond donors (Lipinski definition) is 0. The standard InChI is InChI=1S/C11H5Br3Cl2S/c12-5-1-2-6(7(15)3-5)10(13)9-4-8(16)11(14)17-9/h1-4,10H. The van der Waals surface area contributed by atoms with Gasteiger partial charge in [0.2, 0.25) is 0 Å². The highest BCUT2D eigenvalue weighted by Gasteiger charge is 2.17. The molecule has 0 saturated heterocycles. The van der Waals surface area contributed by atoms with Crippen molar-refractivity contribution >= 4 is 82.3 Å². The molecule has 0 amide bonds. The van der Waals surface area contributed by atoms with Crippen molar-refractivity contribution in [1.82, 2.24) is 0 Å². The molecule has 17 heavy (non-hydrogen) atoms. The van der Waals surface area contributed by atoms with Gasteiger partial charge in [-0.3, -0.25) is 0 Å². The van der Waals surface area contributed by atoms with Gasteiger partial charge in [-0.1, -0.05) is 61.1 Å². The van der Waals surface area contributed by atoms with E-state index in [9.17, 15) is 0 Å². The molecular formula is C11H5Br3Cl2S. The van der Waals surface area contributed by atoms with Crippen molar-refractivity contribution in [2.75, 3.05) is 0 Å². The normalized spacial score (nSPS) is 12.8. The van der Waals surface area contributed by atoms with E-state index >= 15 is 0 Å². The molecule has 0 aliphatic carbocycles. The number of benzene rings is 1. The average molecular weight is 480 g/mol. The van der Waals surface area contributed by atoms with E-state index in [0.29, 0.717) is 0 Å². The van der Waals surface area contributed by atoms with E-state index in [0.717, 1.165) is 28.7 Å². The van der Waals surface area contributed by atoms with Crippen molar-refractivity contribution in [1.29, 1.82) is 0 Å². The third kappa shape index (κ3) is 3.28. The zero-order valence-corrected chi connectivity index (χ0v) is 15.3. The lowest BCUT2D eigenvalue weighted by Crippen LogP contribution is -1.90. The first kappa shape index (κ1) is 14.4. The molecule has 6 heteroatoms. The molecule has 0 aliphatic heterocycles. The molecule has 0 saturated carbocycles. The first-order valence-electron chi connectivity index (χ1n) is 4.53. The van der Waals surface area contributed by atoms with E-state index in [2.05, 4.69) is 47.8 Å². The number of alkyl halides is 1. The number of thiophene rings is 1. The van der Waals surface area contributed by atoms with Gasteiger partial charge in [0.05, 0.1) is 13.6 Å². The van der Waals surface area contributed by atoms with Crippen LogP contribution >= 0.6 is 82.3 Å². The minimum absolute atomic E-state index is 0.0527. The lowest BCUT2D eigenvalue weighted by molar-refractivity contribution is 1.22. The fourth-order valence-corrected chi connectivity index (χ4v) is 4.82. The molecule has 0 bridgehead atoms. The van der Waals surface area contributed by atoms with Crippen LogP contribution in [0.3, 0.4) is 0 Å². The first-order valence-corrected chi connectivity index (χ1v) is 8.60. The van der Waals surface area contributed by atoms with Crippen LogP contribution in [0.1, 0.15) is 15.3 Å². The maximum Gasteiger partial charge on any atom is 0.0887 e. The van der Waals surface area contributed by atoms with Gasteiger partial charge in [-0.15, -0.1) is 11.3 Å². The van der Waals surface area contributed by atoms with Crippen LogP contribution in [-0.4, -0.2) is 0 Å². The Bertz CT molecular complexity index is 534. The summed E-state index contributed by atoms with van der Waals surface area (Å²) in [5.41, 5.74) is 1.03. The van der Waals surface area contributed by atoms with Crippen LogP contribution in [0.2, 0.25) is 10.0 Å². The highest BCUT2D eigenvalue weighted by Crippen LogP contribution is 2.43. The molecule has 0 nitrogen and oxygen atoms in total.